The Morgan fingerprint density at radius 1 is 1.38 bits per heavy atom. The molecule has 0 bridgehead atoms. The third-order valence-electron chi connectivity index (χ3n) is 3.22. The first kappa shape index (κ1) is 16.2. The van der Waals surface area contributed by atoms with Crippen LogP contribution in [0.25, 0.3) is 11.2 Å². The number of carbonyl (C=O) groups is 1. The van der Waals surface area contributed by atoms with E-state index in [4.69, 9.17) is 4.74 Å². The maximum atomic E-state index is 12.1. The van der Waals surface area contributed by atoms with Crippen LogP contribution in [0.15, 0.2) is 39.9 Å². The molecule has 0 saturated carbocycles. The Kier molecular flexibility index (Phi) is 4.61. The molecule has 2 aromatic heterocycles. The van der Waals surface area contributed by atoms with Gasteiger partial charge in [-0.25, -0.2) is 4.98 Å². The van der Waals surface area contributed by atoms with E-state index in [-0.39, 0.29) is 23.7 Å². The maximum Gasteiger partial charge on any atom is 0.302 e. The Morgan fingerprint density at radius 2 is 2.12 bits per heavy atom. The molecular weight excluding hydrogens is 378 g/mol. The molecular formula is C15H14BrN5O3. The van der Waals surface area contributed by atoms with Gasteiger partial charge in [-0.3, -0.25) is 14.6 Å². The minimum absolute atomic E-state index is 0.185. The summed E-state index contributed by atoms with van der Waals surface area (Å²) in [7, 11) is 0. The molecule has 24 heavy (non-hydrogen) atoms. The molecule has 0 unspecified atom stereocenters. The second-order valence-corrected chi connectivity index (χ2v) is 5.91. The zero-order valence-electron chi connectivity index (χ0n) is 12.7. The van der Waals surface area contributed by atoms with Crippen molar-refractivity contribution in [2.45, 2.75) is 13.5 Å². The van der Waals surface area contributed by atoms with Gasteiger partial charge >= 0.3 is 5.97 Å². The van der Waals surface area contributed by atoms with Gasteiger partial charge < -0.3 is 14.6 Å². The van der Waals surface area contributed by atoms with E-state index >= 15 is 0 Å². The van der Waals surface area contributed by atoms with Gasteiger partial charge in [0.2, 0.25) is 5.95 Å². The molecule has 8 nitrogen and oxygen atoms in total. The number of esters is 1. The van der Waals surface area contributed by atoms with Gasteiger partial charge in [-0.1, -0.05) is 15.9 Å². The minimum Gasteiger partial charge on any atom is -0.464 e. The fourth-order valence-electron chi connectivity index (χ4n) is 2.13. The summed E-state index contributed by atoms with van der Waals surface area (Å²) in [5.41, 5.74) is 1.10. The van der Waals surface area contributed by atoms with Gasteiger partial charge in [0.05, 0.1) is 12.9 Å². The SMILES string of the molecule is CC(=O)OCCn1cnc2c(=O)[nH]c(Nc3ccc(Br)cc3)nc21. The van der Waals surface area contributed by atoms with Crippen LogP contribution in [0.4, 0.5) is 11.6 Å². The molecule has 0 amide bonds. The number of anilines is 2. The largest absolute Gasteiger partial charge is 0.464 e. The highest BCUT2D eigenvalue weighted by Crippen LogP contribution is 2.17. The van der Waals surface area contributed by atoms with E-state index in [1.807, 2.05) is 24.3 Å². The molecule has 2 heterocycles. The Balaban J connectivity index is 1.88. The van der Waals surface area contributed by atoms with E-state index in [1.54, 1.807) is 4.57 Å². The van der Waals surface area contributed by atoms with E-state index in [2.05, 4.69) is 36.2 Å². The van der Waals surface area contributed by atoms with E-state index in [0.29, 0.717) is 18.1 Å². The smallest absolute Gasteiger partial charge is 0.302 e. The number of nitrogens with one attached hydrogen (secondary N) is 2. The lowest BCUT2D eigenvalue weighted by Gasteiger charge is -2.07. The normalized spacial score (nSPS) is 10.8. The Labute approximate surface area is 145 Å². The summed E-state index contributed by atoms with van der Waals surface area (Å²) in [6.45, 7) is 1.89. The lowest BCUT2D eigenvalue weighted by Crippen LogP contribution is -2.13. The lowest BCUT2D eigenvalue weighted by atomic mass is 10.3. The van der Waals surface area contributed by atoms with Crippen LogP contribution in [0.3, 0.4) is 0 Å². The highest BCUT2D eigenvalue weighted by Gasteiger charge is 2.10. The first-order valence-electron chi connectivity index (χ1n) is 7.14. The van der Waals surface area contributed by atoms with Crippen LogP contribution in [-0.4, -0.2) is 32.1 Å². The highest BCUT2D eigenvalue weighted by atomic mass is 79.9. The van der Waals surface area contributed by atoms with Gasteiger partial charge in [0.25, 0.3) is 5.56 Å². The summed E-state index contributed by atoms with van der Waals surface area (Å²) in [6.07, 6.45) is 1.50. The molecule has 2 N–H and O–H groups in total. The number of H-pyrrole nitrogens is 1. The number of imidazole rings is 1. The molecule has 0 radical (unpaired) electrons. The van der Waals surface area contributed by atoms with Crippen molar-refractivity contribution in [2.75, 3.05) is 11.9 Å². The summed E-state index contributed by atoms with van der Waals surface area (Å²) < 4.78 is 7.53. The fraction of sp³-hybridized carbons (Fsp3) is 0.200. The quantitative estimate of drug-likeness (QED) is 0.646. The summed E-state index contributed by atoms with van der Waals surface area (Å²) in [5, 5.41) is 3.04. The second kappa shape index (κ2) is 6.83. The number of hydrogen-bond acceptors (Lipinski definition) is 6. The van der Waals surface area contributed by atoms with E-state index < -0.39 is 0 Å². The van der Waals surface area contributed by atoms with Gasteiger partial charge in [0.1, 0.15) is 6.61 Å². The molecule has 0 atom stereocenters. The molecule has 9 heteroatoms. The number of aromatic amines is 1. The number of ether oxygens (including phenoxy) is 1. The van der Waals surface area contributed by atoms with Crippen LogP contribution >= 0.6 is 15.9 Å². The number of fused-ring (bicyclic) bond motifs is 1. The molecule has 3 aromatic rings. The summed E-state index contributed by atoms with van der Waals surface area (Å²) in [5.74, 6) is -0.0492. The third kappa shape index (κ3) is 3.62. The van der Waals surface area contributed by atoms with Crippen LogP contribution in [0.1, 0.15) is 6.92 Å². The number of nitrogens with zero attached hydrogens (tertiary/aromatic N) is 3. The number of hydrogen-bond donors (Lipinski definition) is 2. The first-order chi connectivity index (χ1) is 11.5. The van der Waals surface area contributed by atoms with E-state index in [0.717, 1.165) is 10.2 Å². The summed E-state index contributed by atoms with van der Waals surface area (Å²) in [4.78, 5) is 34.1. The standard InChI is InChI=1S/C15H14BrN5O3/c1-9(22)24-7-6-21-8-17-12-13(21)19-15(20-14(12)23)18-11-4-2-10(16)3-5-11/h2-5,8H,6-7H2,1H3,(H2,18,19,20,23). The molecule has 0 aliphatic heterocycles. The number of rotatable bonds is 5. The van der Waals surface area contributed by atoms with Gasteiger partial charge in [0, 0.05) is 17.1 Å². The Morgan fingerprint density at radius 3 is 2.83 bits per heavy atom. The molecule has 1 aromatic carbocycles. The van der Waals surface area contributed by atoms with Crippen LogP contribution in [-0.2, 0) is 16.1 Å². The third-order valence-corrected chi connectivity index (χ3v) is 3.75. The van der Waals surface area contributed by atoms with Crippen LogP contribution in [0.2, 0.25) is 0 Å². The summed E-state index contributed by atoms with van der Waals surface area (Å²) >= 11 is 3.36. The van der Waals surface area contributed by atoms with Gasteiger partial charge in [-0.2, -0.15) is 4.98 Å². The van der Waals surface area contributed by atoms with Crippen LogP contribution in [0, 0.1) is 0 Å². The zero-order valence-corrected chi connectivity index (χ0v) is 14.3. The predicted octanol–water partition coefficient (Wildman–Crippen LogP) is 2.19. The molecule has 124 valence electrons. The van der Waals surface area contributed by atoms with Crippen molar-refractivity contribution >= 4 is 44.7 Å². The highest BCUT2D eigenvalue weighted by molar-refractivity contribution is 9.10. The van der Waals surface area contributed by atoms with Gasteiger partial charge in [-0.15, -0.1) is 0 Å². The molecule has 0 spiro atoms. The Hall–Kier alpha value is -2.68. The lowest BCUT2D eigenvalue weighted by molar-refractivity contribution is -0.141. The molecule has 0 fully saturated rings. The number of carbonyl (C=O) groups excluding carboxylic acids is 1. The van der Waals surface area contributed by atoms with Gasteiger partial charge in [0.15, 0.2) is 11.2 Å². The van der Waals surface area contributed by atoms with Crippen LogP contribution in [0.5, 0.6) is 0 Å². The van der Waals surface area contributed by atoms with Crippen molar-refractivity contribution in [1.29, 1.82) is 0 Å². The fourth-order valence-corrected chi connectivity index (χ4v) is 2.40. The average molecular weight is 392 g/mol. The van der Waals surface area contributed by atoms with Crippen molar-refractivity contribution < 1.29 is 9.53 Å². The van der Waals surface area contributed by atoms with Crippen molar-refractivity contribution in [3.8, 4) is 0 Å². The maximum absolute atomic E-state index is 12.1. The average Bonchev–Trinajstić information content (AvgIpc) is 2.93. The zero-order chi connectivity index (χ0) is 17.1. The second-order valence-electron chi connectivity index (χ2n) is 5.00. The molecule has 0 aliphatic carbocycles. The Bertz CT molecular complexity index is 932. The summed E-state index contributed by atoms with van der Waals surface area (Å²) in [6, 6.07) is 7.46. The topological polar surface area (TPSA) is 102 Å². The number of benzene rings is 1. The van der Waals surface area contributed by atoms with Crippen molar-refractivity contribution in [2.24, 2.45) is 0 Å². The van der Waals surface area contributed by atoms with Crippen molar-refractivity contribution in [1.82, 2.24) is 19.5 Å². The number of aromatic nitrogens is 4. The van der Waals surface area contributed by atoms with Crippen molar-refractivity contribution in [3.05, 3.63) is 45.4 Å². The monoisotopic (exact) mass is 391 g/mol. The molecule has 0 aliphatic rings. The van der Waals surface area contributed by atoms with Crippen molar-refractivity contribution in [3.63, 3.8) is 0 Å². The molecule has 0 saturated heterocycles. The van der Waals surface area contributed by atoms with E-state index in [9.17, 15) is 9.59 Å². The van der Waals surface area contributed by atoms with Crippen LogP contribution < -0.4 is 10.9 Å². The first-order valence-corrected chi connectivity index (χ1v) is 7.93. The predicted molar refractivity (Wildman–Crippen MR) is 92.2 cm³/mol. The minimum atomic E-state index is -0.358. The van der Waals surface area contributed by atoms with Gasteiger partial charge in [-0.05, 0) is 24.3 Å². The molecule has 3 rings (SSSR count). The van der Waals surface area contributed by atoms with E-state index in [1.165, 1.54) is 13.3 Å². The number of halogens is 1.